The van der Waals surface area contributed by atoms with Crippen molar-refractivity contribution in [1.82, 2.24) is 24.6 Å². The number of rotatable bonds is 8. The van der Waals surface area contributed by atoms with Gasteiger partial charge in [0.1, 0.15) is 29.8 Å². The molecule has 5 rings (SSSR count). The maximum atomic E-state index is 13.4. The second kappa shape index (κ2) is 8.34. The van der Waals surface area contributed by atoms with Crippen LogP contribution < -0.4 is 4.72 Å². The van der Waals surface area contributed by atoms with Crippen LogP contribution in [0.25, 0.3) is 0 Å². The van der Waals surface area contributed by atoms with Crippen LogP contribution in [0.1, 0.15) is 29.9 Å². The molecule has 184 valence electrons. The van der Waals surface area contributed by atoms with Gasteiger partial charge >= 0.3 is 11.9 Å². The Hall–Kier alpha value is -3.45. The Morgan fingerprint density at radius 1 is 1.34 bits per heavy atom. The number of hydrogen-bond donors (Lipinski definition) is 1. The highest BCUT2D eigenvalue weighted by atomic mass is 32.2. The molecule has 2 aromatic heterocycles. The molecule has 0 radical (unpaired) electrons. The van der Waals surface area contributed by atoms with Gasteiger partial charge in [-0.25, -0.2) is 22.3 Å². The lowest BCUT2D eigenvalue weighted by Crippen LogP contribution is -2.51. The molecule has 3 heterocycles. The first-order valence-electron chi connectivity index (χ1n) is 11.0. The highest BCUT2D eigenvalue weighted by Crippen LogP contribution is 2.37. The predicted octanol–water partition coefficient (Wildman–Crippen LogP) is 1.12. The number of carbonyl (C=O) groups is 2. The number of alkyl halides is 1. The molecular weight excluding hydrogens is 479 g/mol. The minimum Gasteiger partial charge on any atom is -0.357 e. The molecule has 2 aromatic rings. The quantitative estimate of drug-likeness (QED) is 0.534. The zero-order chi connectivity index (χ0) is 25.0. The lowest BCUT2D eigenvalue weighted by Gasteiger charge is -2.26. The minimum absolute atomic E-state index is 0.0627. The summed E-state index contributed by atoms with van der Waals surface area (Å²) in [6, 6.07) is 1.03. The number of urea groups is 1. The van der Waals surface area contributed by atoms with Crippen molar-refractivity contribution in [3.63, 3.8) is 0 Å². The SMILES string of the molecule is Cc1cc(CN2C(=O)C3=CC(S(=O)(=O)NC4(CF)CC4)C=CC3=[N+](Cc3cnn(C)c3)C2=O)on1. The van der Waals surface area contributed by atoms with Gasteiger partial charge in [-0.3, -0.25) is 4.68 Å². The number of sulfonamides is 1. The van der Waals surface area contributed by atoms with Gasteiger partial charge in [0.25, 0.3) is 0 Å². The molecule has 3 amide bonds. The average Bonchev–Trinajstić information content (AvgIpc) is 3.26. The molecule has 1 aliphatic heterocycles. The van der Waals surface area contributed by atoms with E-state index in [9.17, 15) is 22.4 Å². The van der Waals surface area contributed by atoms with Crippen LogP contribution in [0.15, 0.2) is 46.8 Å². The first-order valence-corrected chi connectivity index (χ1v) is 12.5. The molecule has 35 heavy (non-hydrogen) atoms. The molecule has 1 N–H and O–H groups in total. The van der Waals surface area contributed by atoms with E-state index in [0.29, 0.717) is 24.3 Å². The van der Waals surface area contributed by atoms with Crippen LogP contribution in [-0.4, -0.2) is 67.9 Å². The second-order valence-electron chi connectivity index (χ2n) is 9.07. The van der Waals surface area contributed by atoms with E-state index in [1.807, 2.05) is 0 Å². The van der Waals surface area contributed by atoms with E-state index in [4.69, 9.17) is 4.52 Å². The van der Waals surface area contributed by atoms with Crippen molar-refractivity contribution in [3.05, 3.63) is 59.3 Å². The Morgan fingerprint density at radius 3 is 2.71 bits per heavy atom. The smallest absolute Gasteiger partial charge is 0.357 e. The van der Waals surface area contributed by atoms with Gasteiger partial charge in [0.15, 0.2) is 12.3 Å². The van der Waals surface area contributed by atoms with Crippen molar-refractivity contribution >= 4 is 27.7 Å². The highest BCUT2D eigenvalue weighted by molar-refractivity contribution is 7.90. The normalized spacial score (nSPS) is 21.4. The van der Waals surface area contributed by atoms with E-state index < -0.39 is 39.4 Å². The average molecular weight is 504 g/mol. The molecule has 2 aliphatic carbocycles. The third-order valence-corrected chi connectivity index (χ3v) is 7.92. The van der Waals surface area contributed by atoms with Crippen molar-refractivity contribution < 1.29 is 31.5 Å². The van der Waals surface area contributed by atoms with Crippen molar-refractivity contribution in [2.75, 3.05) is 6.67 Å². The summed E-state index contributed by atoms with van der Waals surface area (Å²) >= 11 is 0. The molecule has 13 heteroatoms. The molecule has 0 bridgehead atoms. The fourth-order valence-electron chi connectivity index (χ4n) is 4.13. The van der Waals surface area contributed by atoms with Crippen LogP contribution in [0.3, 0.4) is 0 Å². The summed E-state index contributed by atoms with van der Waals surface area (Å²) in [5.41, 5.74) is 0.598. The summed E-state index contributed by atoms with van der Waals surface area (Å²) in [5.74, 6) is -0.344. The van der Waals surface area contributed by atoms with Gasteiger partial charge in [0.05, 0.1) is 17.4 Å². The second-order valence-corrected chi connectivity index (χ2v) is 10.9. The van der Waals surface area contributed by atoms with Crippen molar-refractivity contribution in [3.8, 4) is 0 Å². The van der Waals surface area contributed by atoms with Crippen LogP contribution in [0.2, 0.25) is 0 Å². The number of allylic oxidation sites excluding steroid dienone is 1. The van der Waals surface area contributed by atoms with Gasteiger partial charge < -0.3 is 4.52 Å². The monoisotopic (exact) mass is 503 g/mol. The third kappa shape index (κ3) is 4.36. The number of fused-ring (bicyclic) bond motifs is 1. The zero-order valence-corrected chi connectivity index (χ0v) is 20.0. The molecule has 0 spiro atoms. The number of amides is 3. The fourth-order valence-corrected chi connectivity index (χ4v) is 5.73. The Bertz CT molecular complexity index is 1420. The summed E-state index contributed by atoms with van der Waals surface area (Å²) in [5, 5.41) is 6.72. The molecule has 0 saturated heterocycles. The van der Waals surface area contributed by atoms with Crippen molar-refractivity contribution in [1.29, 1.82) is 0 Å². The molecule has 1 saturated carbocycles. The summed E-state index contributed by atoms with van der Waals surface area (Å²) in [6.45, 7) is 0.863. The third-order valence-electron chi connectivity index (χ3n) is 6.19. The summed E-state index contributed by atoms with van der Waals surface area (Å²) in [6.07, 6.45) is 8.34. The van der Waals surface area contributed by atoms with Gasteiger partial charge in [-0.2, -0.15) is 14.5 Å². The Kier molecular flexibility index (Phi) is 5.55. The van der Waals surface area contributed by atoms with Crippen LogP contribution in [0.4, 0.5) is 9.18 Å². The summed E-state index contributed by atoms with van der Waals surface area (Å²) in [7, 11) is -2.26. The van der Waals surface area contributed by atoms with Gasteiger partial charge in [0, 0.05) is 24.9 Å². The highest BCUT2D eigenvalue weighted by Gasteiger charge is 2.49. The van der Waals surface area contributed by atoms with Gasteiger partial charge in [-0.15, -0.1) is 4.90 Å². The predicted molar refractivity (Wildman–Crippen MR) is 120 cm³/mol. The van der Waals surface area contributed by atoms with Crippen LogP contribution in [0.5, 0.6) is 0 Å². The van der Waals surface area contributed by atoms with Gasteiger partial charge in [-0.05, 0) is 31.9 Å². The number of nitrogens with one attached hydrogen (secondary N) is 1. The van der Waals surface area contributed by atoms with Crippen molar-refractivity contribution in [2.24, 2.45) is 7.05 Å². The molecule has 1 fully saturated rings. The van der Waals surface area contributed by atoms with Crippen LogP contribution in [0, 0.1) is 6.92 Å². The Morgan fingerprint density at radius 2 is 2.11 bits per heavy atom. The lowest BCUT2D eigenvalue weighted by atomic mass is 9.99. The van der Waals surface area contributed by atoms with Crippen LogP contribution >= 0.6 is 0 Å². The number of aryl methyl sites for hydroxylation is 2. The number of nitrogens with zero attached hydrogens (tertiary/aromatic N) is 5. The molecular formula is C22H24FN6O5S+. The fraction of sp³-hybridized carbons (Fsp3) is 0.409. The first kappa shape index (κ1) is 23.3. The summed E-state index contributed by atoms with van der Waals surface area (Å²) in [4.78, 5) is 27.8. The molecule has 1 unspecified atom stereocenters. The number of hydrogen-bond acceptors (Lipinski definition) is 7. The van der Waals surface area contributed by atoms with Crippen molar-refractivity contribution in [2.45, 2.75) is 43.6 Å². The zero-order valence-electron chi connectivity index (χ0n) is 19.1. The van der Waals surface area contributed by atoms with E-state index in [1.165, 1.54) is 22.8 Å². The van der Waals surface area contributed by atoms with Gasteiger partial charge in [-0.1, -0.05) is 11.2 Å². The molecule has 0 aromatic carbocycles. The first-order chi connectivity index (χ1) is 16.6. The van der Waals surface area contributed by atoms with E-state index in [1.54, 1.807) is 37.1 Å². The maximum absolute atomic E-state index is 13.4. The number of carbonyl (C=O) groups excluding carboxylic acids is 2. The number of imide groups is 1. The van der Waals surface area contributed by atoms with E-state index in [-0.39, 0.29) is 24.4 Å². The van der Waals surface area contributed by atoms with E-state index >= 15 is 0 Å². The Labute approximate surface area is 200 Å². The summed E-state index contributed by atoms with van der Waals surface area (Å²) < 4.78 is 49.9. The van der Waals surface area contributed by atoms with E-state index in [2.05, 4.69) is 15.0 Å². The Balaban J connectivity index is 1.53. The number of aromatic nitrogens is 3. The standard InChI is InChI=1S/C22H24FN6O5S/c1-14-7-16(34-25-14)12-29-20(30)18-8-17(35(32,33)26-22(13-23)5-6-22)3-4-19(18)28(21(29)31)11-15-9-24-27(2)10-15/h3-4,7-10,17,26H,5-6,11-13H2,1-2H3/q+1. The molecule has 1 atom stereocenters. The largest absolute Gasteiger partial charge is 0.502 e. The molecule has 3 aliphatic rings. The minimum atomic E-state index is -4.01. The molecule has 11 nitrogen and oxygen atoms in total. The maximum Gasteiger partial charge on any atom is 0.502 e. The topological polar surface area (TPSA) is 130 Å². The van der Waals surface area contributed by atoms with E-state index in [0.717, 1.165) is 10.5 Å². The van der Waals surface area contributed by atoms with Crippen LogP contribution in [-0.2, 0) is 35.0 Å². The number of halogens is 1. The van der Waals surface area contributed by atoms with Gasteiger partial charge in [0.2, 0.25) is 10.0 Å². The lowest BCUT2D eigenvalue weighted by molar-refractivity contribution is -0.453.